The number of aryl methyl sites for hydroxylation is 2. The van der Waals surface area contributed by atoms with Gasteiger partial charge in [0, 0.05) is 17.4 Å². The van der Waals surface area contributed by atoms with E-state index in [0.717, 1.165) is 53.9 Å². The predicted molar refractivity (Wildman–Crippen MR) is 105 cm³/mol. The lowest BCUT2D eigenvalue weighted by Gasteiger charge is -2.10. The van der Waals surface area contributed by atoms with Crippen LogP contribution in [-0.2, 0) is 11.2 Å². The van der Waals surface area contributed by atoms with Crippen LogP contribution >= 0.6 is 0 Å². The molecular formula is C23H24O4. The molecule has 1 aliphatic rings. The van der Waals surface area contributed by atoms with Crippen molar-refractivity contribution in [2.75, 3.05) is 13.2 Å². The summed E-state index contributed by atoms with van der Waals surface area (Å²) < 4.78 is 17.0. The molecule has 0 N–H and O–H groups in total. The van der Waals surface area contributed by atoms with Gasteiger partial charge in [0.15, 0.2) is 5.78 Å². The van der Waals surface area contributed by atoms with Crippen molar-refractivity contribution in [3.63, 3.8) is 0 Å². The van der Waals surface area contributed by atoms with Crippen LogP contribution < -0.4 is 4.74 Å². The Morgan fingerprint density at radius 1 is 1.22 bits per heavy atom. The fraction of sp³-hybridized carbons (Fsp3) is 0.348. The van der Waals surface area contributed by atoms with E-state index in [1.54, 1.807) is 0 Å². The van der Waals surface area contributed by atoms with E-state index in [0.29, 0.717) is 17.7 Å². The first-order valence-corrected chi connectivity index (χ1v) is 9.57. The molecule has 1 atom stereocenters. The summed E-state index contributed by atoms with van der Waals surface area (Å²) in [6.07, 6.45) is 3.04. The van der Waals surface area contributed by atoms with Crippen molar-refractivity contribution in [3.05, 3.63) is 64.9 Å². The van der Waals surface area contributed by atoms with Gasteiger partial charge in [-0.1, -0.05) is 31.5 Å². The summed E-state index contributed by atoms with van der Waals surface area (Å²) in [5.74, 6) is 1.59. The van der Waals surface area contributed by atoms with Gasteiger partial charge in [-0.05, 0) is 43.2 Å². The third-order valence-electron chi connectivity index (χ3n) is 4.92. The maximum atomic E-state index is 13.3. The third-order valence-corrected chi connectivity index (χ3v) is 4.92. The number of hydrogen-bond acceptors (Lipinski definition) is 4. The monoisotopic (exact) mass is 364 g/mol. The molecule has 0 bridgehead atoms. The molecule has 140 valence electrons. The summed E-state index contributed by atoms with van der Waals surface area (Å²) >= 11 is 0. The van der Waals surface area contributed by atoms with Crippen molar-refractivity contribution < 1.29 is 18.7 Å². The largest absolute Gasteiger partial charge is 0.491 e. The van der Waals surface area contributed by atoms with Crippen molar-refractivity contribution in [3.8, 4) is 5.75 Å². The number of hydrogen-bond donors (Lipinski definition) is 0. The van der Waals surface area contributed by atoms with E-state index in [-0.39, 0.29) is 11.9 Å². The highest BCUT2D eigenvalue weighted by atomic mass is 16.6. The van der Waals surface area contributed by atoms with E-state index >= 15 is 0 Å². The topological polar surface area (TPSA) is 52.0 Å². The van der Waals surface area contributed by atoms with Crippen molar-refractivity contribution >= 4 is 16.8 Å². The van der Waals surface area contributed by atoms with Crippen molar-refractivity contribution in [1.29, 1.82) is 0 Å². The minimum Gasteiger partial charge on any atom is -0.491 e. The number of furan rings is 1. The number of epoxide rings is 1. The molecule has 2 heterocycles. The first kappa shape index (κ1) is 17.8. The molecule has 4 heteroatoms. The van der Waals surface area contributed by atoms with Crippen LogP contribution in [0.3, 0.4) is 0 Å². The highest BCUT2D eigenvalue weighted by Crippen LogP contribution is 2.30. The zero-order valence-electron chi connectivity index (χ0n) is 15.8. The Hall–Kier alpha value is -2.59. The third kappa shape index (κ3) is 3.76. The number of carbonyl (C=O) groups is 1. The second-order valence-electron chi connectivity index (χ2n) is 7.08. The molecule has 0 radical (unpaired) electrons. The Morgan fingerprint density at radius 3 is 2.78 bits per heavy atom. The van der Waals surface area contributed by atoms with Crippen LogP contribution in [0.25, 0.3) is 11.0 Å². The van der Waals surface area contributed by atoms with Gasteiger partial charge in [-0.3, -0.25) is 4.79 Å². The minimum absolute atomic E-state index is 0.00577. The molecule has 4 rings (SSSR count). The van der Waals surface area contributed by atoms with Crippen LogP contribution in [-0.4, -0.2) is 25.1 Å². The van der Waals surface area contributed by atoms with Gasteiger partial charge in [-0.25, -0.2) is 0 Å². The molecule has 27 heavy (non-hydrogen) atoms. The van der Waals surface area contributed by atoms with E-state index in [1.165, 1.54) is 0 Å². The summed E-state index contributed by atoms with van der Waals surface area (Å²) in [7, 11) is 0. The second kappa shape index (κ2) is 7.57. The number of fused-ring (bicyclic) bond motifs is 1. The second-order valence-corrected chi connectivity index (χ2v) is 7.08. The summed E-state index contributed by atoms with van der Waals surface area (Å²) in [5, 5.41) is 0.887. The van der Waals surface area contributed by atoms with E-state index in [1.807, 2.05) is 49.4 Å². The first-order chi connectivity index (χ1) is 13.2. The molecule has 1 unspecified atom stereocenters. The average Bonchev–Trinajstić information content (AvgIpc) is 3.43. The average molecular weight is 364 g/mol. The summed E-state index contributed by atoms with van der Waals surface area (Å²) in [6, 6.07) is 13.4. The van der Waals surface area contributed by atoms with Gasteiger partial charge in [-0.2, -0.15) is 0 Å². The summed E-state index contributed by atoms with van der Waals surface area (Å²) in [5.41, 5.74) is 3.07. The molecule has 4 nitrogen and oxygen atoms in total. The standard InChI is InChI=1S/C23H24O4/c1-3-4-8-21-22(18-7-5-6-9-20(18)27-21)23(24)16-10-11-19(15(2)12-16)26-14-17-13-25-17/h5-7,9-12,17H,3-4,8,13-14H2,1-2H3. The van der Waals surface area contributed by atoms with Crippen molar-refractivity contribution in [2.24, 2.45) is 0 Å². The number of para-hydroxylation sites is 1. The normalized spacial score (nSPS) is 15.9. The molecule has 1 fully saturated rings. The SMILES string of the molecule is CCCCc1oc2ccccc2c1C(=O)c1ccc(OCC2CO2)c(C)c1. The highest BCUT2D eigenvalue weighted by molar-refractivity contribution is 6.17. The molecule has 0 aliphatic carbocycles. The van der Waals surface area contributed by atoms with E-state index in [9.17, 15) is 4.79 Å². The molecule has 1 aromatic heterocycles. The lowest BCUT2D eigenvalue weighted by atomic mass is 9.97. The molecular weight excluding hydrogens is 340 g/mol. The molecule has 1 aliphatic heterocycles. The lowest BCUT2D eigenvalue weighted by Crippen LogP contribution is -2.07. The number of benzene rings is 2. The van der Waals surface area contributed by atoms with Gasteiger partial charge in [0.2, 0.25) is 0 Å². The smallest absolute Gasteiger partial charge is 0.197 e. The fourth-order valence-corrected chi connectivity index (χ4v) is 3.30. The van der Waals surface area contributed by atoms with Gasteiger partial charge in [-0.15, -0.1) is 0 Å². The number of carbonyl (C=O) groups excluding carboxylic acids is 1. The van der Waals surface area contributed by atoms with Crippen molar-refractivity contribution in [1.82, 2.24) is 0 Å². The Kier molecular flexibility index (Phi) is 4.99. The van der Waals surface area contributed by atoms with Gasteiger partial charge >= 0.3 is 0 Å². The zero-order chi connectivity index (χ0) is 18.8. The van der Waals surface area contributed by atoms with Crippen LogP contribution in [0, 0.1) is 6.92 Å². The van der Waals surface area contributed by atoms with Crippen LogP contribution in [0.2, 0.25) is 0 Å². The van der Waals surface area contributed by atoms with Crippen LogP contribution in [0.4, 0.5) is 0 Å². The van der Waals surface area contributed by atoms with Crippen LogP contribution in [0.5, 0.6) is 5.75 Å². The molecule has 2 aromatic carbocycles. The quantitative estimate of drug-likeness (QED) is 0.412. The Labute approximate surface area is 159 Å². The first-order valence-electron chi connectivity index (χ1n) is 9.57. The number of ketones is 1. The van der Waals surface area contributed by atoms with Crippen LogP contribution in [0.15, 0.2) is 46.9 Å². The number of rotatable bonds is 8. The predicted octanol–water partition coefficient (Wildman–Crippen LogP) is 5.09. The Balaban J connectivity index is 1.66. The lowest BCUT2D eigenvalue weighted by molar-refractivity contribution is 0.103. The minimum atomic E-state index is 0.00577. The zero-order valence-corrected chi connectivity index (χ0v) is 15.8. The molecule has 3 aromatic rings. The Morgan fingerprint density at radius 2 is 2.04 bits per heavy atom. The van der Waals surface area contributed by atoms with Gasteiger partial charge < -0.3 is 13.9 Å². The Bertz CT molecular complexity index is 966. The number of ether oxygens (including phenoxy) is 2. The van der Waals surface area contributed by atoms with Gasteiger partial charge in [0.05, 0.1) is 12.2 Å². The molecule has 1 saturated heterocycles. The summed E-state index contributed by atoms with van der Waals surface area (Å²) in [6.45, 7) is 5.43. The van der Waals surface area contributed by atoms with Crippen LogP contribution in [0.1, 0.15) is 47.0 Å². The van der Waals surface area contributed by atoms with E-state index in [2.05, 4.69) is 6.92 Å². The van der Waals surface area contributed by atoms with Crippen molar-refractivity contribution in [2.45, 2.75) is 39.2 Å². The van der Waals surface area contributed by atoms with E-state index < -0.39 is 0 Å². The maximum Gasteiger partial charge on any atom is 0.197 e. The molecule has 0 spiro atoms. The van der Waals surface area contributed by atoms with Gasteiger partial charge in [0.25, 0.3) is 0 Å². The number of unbranched alkanes of at least 4 members (excludes halogenated alkanes) is 1. The summed E-state index contributed by atoms with van der Waals surface area (Å²) in [4.78, 5) is 13.3. The highest BCUT2D eigenvalue weighted by Gasteiger charge is 2.24. The molecule has 0 amide bonds. The molecule has 0 saturated carbocycles. The van der Waals surface area contributed by atoms with E-state index in [4.69, 9.17) is 13.9 Å². The maximum absolute atomic E-state index is 13.3. The van der Waals surface area contributed by atoms with Gasteiger partial charge in [0.1, 0.15) is 29.8 Å². The fourth-order valence-electron chi connectivity index (χ4n) is 3.30.